The molecule has 0 aliphatic heterocycles. The second kappa shape index (κ2) is 7.11. The molecule has 6 heteroatoms. The first-order valence-electron chi connectivity index (χ1n) is 8.80. The molecule has 2 aromatic carbocycles. The zero-order chi connectivity index (χ0) is 18.9. The van der Waals surface area contributed by atoms with Crippen LogP contribution in [0.3, 0.4) is 0 Å². The van der Waals surface area contributed by atoms with Gasteiger partial charge < -0.3 is 4.90 Å². The van der Waals surface area contributed by atoms with Gasteiger partial charge in [-0.15, -0.1) is 0 Å². The van der Waals surface area contributed by atoms with Gasteiger partial charge in [-0.25, -0.2) is 8.42 Å². The number of hydrogen-bond donors (Lipinski definition) is 1. The smallest absolute Gasteiger partial charge is 0.261 e. The molecule has 3 rings (SSSR count). The van der Waals surface area contributed by atoms with E-state index in [1.807, 2.05) is 12.1 Å². The van der Waals surface area contributed by atoms with Crippen LogP contribution in [-0.2, 0) is 14.8 Å². The molecule has 0 atom stereocenters. The first-order chi connectivity index (χ1) is 12.3. The number of sulfonamides is 1. The highest BCUT2D eigenvalue weighted by Gasteiger charge is 2.31. The van der Waals surface area contributed by atoms with Crippen molar-refractivity contribution in [3.63, 3.8) is 0 Å². The summed E-state index contributed by atoms with van der Waals surface area (Å²) in [5.74, 6) is 0.356. The van der Waals surface area contributed by atoms with Crippen molar-refractivity contribution in [2.24, 2.45) is 0 Å². The van der Waals surface area contributed by atoms with E-state index in [9.17, 15) is 13.2 Å². The molecule has 1 aliphatic rings. The summed E-state index contributed by atoms with van der Waals surface area (Å²) in [6.45, 7) is 5.68. The number of carbonyl (C=O) groups is 1. The summed E-state index contributed by atoms with van der Waals surface area (Å²) < 4.78 is 27.7. The van der Waals surface area contributed by atoms with Crippen molar-refractivity contribution in [2.45, 2.75) is 50.5 Å². The Kier molecular flexibility index (Phi) is 5.05. The Hall–Kier alpha value is -2.34. The average Bonchev–Trinajstić information content (AvgIpc) is 3.41. The lowest BCUT2D eigenvalue weighted by atomic mass is 10.0. The second-order valence-electron chi connectivity index (χ2n) is 7.00. The SMILES string of the molecule is CC(=O)N(c1ccc(NS(=O)(=O)c2ccc(C(C)C)cc2)cc1)C1CC1. The zero-order valence-corrected chi connectivity index (χ0v) is 16.1. The number of rotatable bonds is 6. The minimum absolute atomic E-state index is 0.00562. The van der Waals surface area contributed by atoms with Gasteiger partial charge in [0, 0.05) is 24.3 Å². The van der Waals surface area contributed by atoms with Crippen LogP contribution in [0.1, 0.15) is 45.1 Å². The highest BCUT2D eigenvalue weighted by molar-refractivity contribution is 7.92. The summed E-state index contributed by atoms with van der Waals surface area (Å²) in [5.41, 5.74) is 2.36. The van der Waals surface area contributed by atoms with Crippen LogP contribution in [-0.4, -0.2) is 20.4 Å². The molecular weight excluding hydrogens is 348 g/mol. The Bertz CT molecular complexity index is 884. The maximum atomic E-state index is 12.6. The summed E-state index contributed by atoms with van der Waals surface area (Å²) in [5, 5.41) is 0. The number of amides is 1. The average molecular weight is 372 g/mol. The first kappa shape index (κ1) is 18.5. The quantitative estimate of drug-likeness (QED) is 0.829. The summed E-state index contributed by atoms with van der Waals surface area (Å²) >= 11 is 0. The van der Waals surface area contributed by atoms with E-state index in [0.717, 1.165) is 24.1 Å². The summed E-state index contributed by atoms with van der Waals surface area (Å²) in [6.07, 6.45) is 2.03. The van der Waals surface area contributed by atoms with E-state index in [-0.39, 0.29) is 16.8 Å². The number of hydrogen-bond acceptors (Lipinski definition) is 3. The van der Waals surface area contributed by atoms with E-state index in [4.69, 9.17) is 0 Å². The zero-order valence-electron chi connectivity index (χ0n) is 15.3. The van der Waals surface area contributed by atoms with Gasteiger partial charge in [-0.05, 0) is 60.7 Å². The van der Waals surface area contributed by atoms with E-state index in [0.29, 0.717) is 11.6 Å². The molecule has 1 amide bonds. The van der Waals surface area contributed by atoms with Crippen LogP contribution in [0.25, 0.3) is 0 Å². The third-order valence-electron chi connectivity index (χ3n) is 4.51. The Morgan fingerprint density at radius 1 is 1.04 bits per heavy atom. The predicted molar refractivity (Wildman–Crippen MR) is 104 cm³/mol. The van der Waals surface area contributed by atoms with Gasteiger partial charge in [0.15, 0.2) is 0 Å². The molecule has 0 bridgehead atoms. The molecule has 138 valence electrons. The molecule has 2 aromatic rings. The normalized spacial score (nSPS) is 14.3. The Morgan fingerprint density at radius 3 is 2.08 bits per heavy atom. The molecule has 1 aliphatic carbocycles. The molecule has 0 aromatic heterocycles. The monoisotopic (exact) mass is 372 g/mol. The van der Waals surface area contributed by atoms with E-state index in [1.54, 1.807) is 48.2 Å². The van der Waals surface area contributed by atoms with Gasteiger partial charge in [0.05, 0.1) is 4.90 Å². The topological polar surface area (TPSA) is 66.5 Å². The highest BCUT2D eigenvalue weighted by atomic mass is 32.2. The van der Waals surface area contributed by atoms with Crippen molar-refractivity contribution in [1.82, 2.24) is 0 Å². The van der Waals surface area contributed by atoms with Crippen molar-refractivity contribution in [3.05, 3.63) is 54.1 Å². The van der Waals surface area contributed by atoms with Crippen LogP contribution in [0.15, 0.2) is 53.4 Å². The number of carbonyl (C=O) groups excluding carboxylic acids is 1. The van der Waals surface area contributed by atoms with Crippen LogP contribution < -0.4 is 9.62 Å². The van der Waals surface area contributed by atoms with Gasteiger partial charge in [0.2, 0.25) is 5.91 Å². The minimum Gasteiger partial charge on any atom is -0.310 e. The Balaban J connectivity index is 1.76. The fraction of sp³-hybridized carbons (Fsp3) is 0.350. The molecule has 26 heavy (non-hydrogen) atoms. The lowest BCUT2D eigenvalue weighted by molar-refractivity contribution is -0.116. The molecule has 5 nitrogen and oxygen atoms in total. The Morgan fingerprint density at radius 2 is 1.62 bits per heavy atom. The standard InChI is InChI=1S/C20H24N2O3S/c1-14(2)16-4-12-20(13-5-16)26(24,25)21-17-6-8-18(9-7-17)22(15(3)23)19-10-11-19/h4-9,12-14,19,21H,10-11H2,1-3H3. The van der Waals surface area contributed by atoms with Gasteiger partial charge >= 0.3 is 0 Å². The molecule has 0 unspecified atom stereocenters. The van der Waals surface area contributed by atoms with E-state index < -0.39 is 10.0 Å². The number of nitrogens with zero attached hydrogens (tertiary/aromatic N) is 1. The summed E-state index contributed by atoms with van der Waals surface area (Å²) in [6, 6.07) is 14.1. The minimum atomic E-state index is -3.64. The lowest BCUT2D eigenvalue weighted by Crippen LogP contribution is -2.30. The molecular formula is C20H24N2O3S. The maximum absolute atomic E-state index is 12.6. The van der Waals surface area contributed by atoms with Crippen molar-refractivity contribution in [2.75, 3.05) is 9.62 Å². The maximum Gasteiger partial charge on any atom is 0.261 e. The fourth-order valence-corrected chi connectivity index (χ4v) is 3.98. The van der Waals surface area contributed by atoms with Gasteiger partial charge in [0.25, 0.3) is 10.0 Å². The van der Waals surface area contributed by atoms with Crippen molar-refractivity contribution < 1.29 is 13.2 Å². The molecule has 1 fully saturated rings. The lowest BCUT2D eigenvalue weighted by Gasteiger charge is -2.21. The van der Waals surface area contributed by atoms with E-state index in [2.05, 4.69) is 18.6 Å². The van der Waals surface area contributed by atoms with Gasteiger partial charge in [0.1, 0.15) is 0 Å². The van der Waals surface area contributed by atoms with Gasteiger partial charge in [-0.1, -0.05) is 26.0 Å². The van der Waals surface area contributed by atoms with Gasteiger partial charge in [-0.2, -0.15) is 0 Å². The van der Waals surface area contributed by atoms with Crippen LogP contribution in [0.4, 0.5) is 11.4 Å². The van der Waals surface area contributed by atoms with Crippen LogP contribution in [0, 0.1) is 0 Å². The van der Waals surface area contributed by atoms with Crippen LogP contribution in [0.2, 0.25) is 0 Å². The van der Waals surface area contributed by atoms with Crippen molar-refractivity contribution in [3.8, 4) is 0 Å². The van der Waals surface area contributed by atoms with Crippen molar-refractivity contribution in [1.29, 1.82) is 0 Å². The summed E-state index contributed by atoms with van der Waals surface area (Å²) in [7, 11) is -3.64. The fourth-order valence-electron chi connectivity index (χ4n) is 2.92. The number of benzene rings is 2. The van der Waals surface area contributed by atoms with E-state index in [1.165, 1.54) is 0 Å². The second-order valence-corrected chi connectivity index (χ2v) is 8.68. The summed E-state index contributed by atoms with van der Waals surface area (Å²) in [4.78, 5) is 13.8. The van der Waals surface area contributed by atoms with E-state index >= 15 is 0 Å². The molecule has 0 heterocycles. The molecule has 0 radical (unpaired) electrons. The van der Waals surface area contributed by atoms with Gasteiger partial charge in [-0.3, -0.25) is 9.52 Å². The molecule has 0 saturated heterocycles. The van der Waals surface area contributed by atoms with Crippen molar-refractivity contribution >= 4 is 27.3 Å². The third kappa shape index (κ3) is 4.07. The highest BCUT2D eigenvalue weighted by Crippen LogP contribution is 2.32. The molecule has 0 spiro atoms. The molecule has 1 N–H and O–H groups in total. The Labute approximate surface area is 155 Å². The number of anilines is 2. The van der Waals surface area contributed by atoms with Crippen LogP contribution in [0.5, 0.6) is 0 Å². The molecule has 1 saturated carbocycles. The predicted octanol–water partition coefficient (Wildman–Crippen LogP) is 4.13. The third-order valence-corrected chi connectivity index (χ3v) is 5.90. The first-order valence-corrected chi connectivity index (χ1v) is 10.3. The van der Waals surface area contributed by atoms with Crippen LogP contribution >= 0.6 is 0 Å². The number of nitrogens with one attached hydrogen (secondary N) is 1. The largest absolute Gasteiger partial charge is 0.310 e.